The van der Waals surface area contributed by atoms with Crippen molar-refractivity contribution in [3.63, 3.8) is 0 Å². The third-order valence-electron chi connectivity index (χ3n) is 8.68. The zero-order valence-corrected chi connectivity index (χ0v) is 27.7. The molecule has 1 fully saturated rings. The van der Waals surface area contributed by atoms with Gasteiger partial charge >= 0.3 is 0 Å². The zero-order chi connectivity index (χ0) is 33.8. The quantitative estimate of drug-likeness (QED) is 0.186. The van der Waals surface area contributed by atoms with E-state index in [-0.39, 0.29) is 31.2 Å². The van der Waals surface area contributed by atoms with Gasteiger partial charge in [-0.05, 0) is 49.4 Å². The molecule has 254 valence electrons. The number of benzene rings is 2. The minimum absolute atomic E-state index is 0.0112. The Kier molecular flexibility index (Phi) is 13.5. The molecule has 1 aromatic heterocycles. The Balaban J connectivity index is 1.55. The number of hydrogen-bond donors (Lipinski definition) is 4. The Hall–Kier alpha value is -4.06. The van der Waals surface area contributed by atoms with Gasteiger partial charge in [0.1, 0.15) is 12.1 Å². The summed E-state index contributed by atoms with van der Waals surface area (Å²) < 4.78 is 1.56. The second kappa shape index (κ2) is 17.7. The van der Waals surface area contributed by atoms with E-state index in [1.54, 1.807) is 28.0 Å². The van der Waals surface area contributed by atoms with Gasteiger partial charge in [-0.15, -0.1) is 0 Å². The molecule has 2 heterocycles. The second-order valence-electron chi connectivity index (χ2n) is 13.1. The van der Waals surface area contributed by atoms with Crippen molar-refractivity contribution in [1.82, 2.24) is 30.2 Å². The molecule has 3 aromatic rings. The van der Waals surface area contributed by atoms with E-state index in [9.17, 15) is 24.6 Å². The summed E-state index contributed by atoms with van der Waals surface area (Å²) in [7, 11) is 2.02. The van der Waals surface area contributed by atoms with Gasteiger partial charge in [-0.25, -0.2) is 0 Å². The van der Waals surface area contributed by atoms with Gasteiger partial charge in [0.2, 0.25) is 17.7 Å². The van der Waals surface area contributed by atoms with Gasteiger partial charge in [0.25, 0.3) is 0 Å². The highest BCUT2D eigenvalue weighted by molar-refractivity contribution is 5.91. The van der Waals surface area contributed by atoms with Crippen molar-refractivity contribution < 1.29 is 24.6 Å². The Labute approximate surface area is 278 Å². The summed E-state index contributed by atoms with van der Waals surface area (Å²) in [4.78, 5) is 45.4. The van der Waals surface area contributed by atoms with Crippen LogP contribution < -0.4 is 10.6 Å². The normalized spacial score (nSPS) is 17.0. The summed E-state index contributed by atoms with van der Waals surface area (Å²) in [5.74, 6) is -1.60. The van der Waals surface area contributed by atoms with Crippen molar-refractivity contribution in [2.24, 2.45) is 11.8 Å². The topological polar surface area (TPSA) is 140 Å². The van der Waals surface area contributed by atoms with Gasteiger partial charge in [0.15, 0.2) is 0 Å². The number of rotatable bonds is 16. The van der Waals surface area contributed by atoms with Crippen molar-refractivity contribution >= 4 is 17.7 Å². The second-order valence-corrected chi connectivity index (χ2v) is 13.1. The molecule has 47 heavy (non-hydrogen) atoms. The third-order valence-corrected chi connectivity index (χ3v) is 8.68. The fourth-order valence-electron chi connectivity index (χ4n) is 5.93. The SMILES string of the molecule is CC(C)C[C@H](O)[C@H](O)[C@H](Cc1ccccc1)NC(=O)[C@H](Cn1cccn1)NC(=O)[C@@H](CC(=O)N1CCN(C)CC1)Cc1ccccc1. The summed E-state index contributed by atoms with van der Waals surface area (Å²) in [6.07, 6.45) is 1.98. The van der Waals surface area contributed by atoms with Crippen LogP contribution in [0, 0.1) is 11.8 Å². The predicted octanol–water partition coefficient (Wildman–Crippen LogP) is 1.89. The van der Waals surface area contributed by atoms with E-state index in [0.717, 1.165) is 24.2 Å². The van der Waals surface area contributed by atoms with Gasteiger partial charge in [-0.1, -0.05) is 74.5 Å². The van der Waals surface area contributed by atoms with Gasteiger partial charge < -0.3 is 30.6 Å². The highest BCUT2D eigenvalue weighted by Crippen LogP contribution is 2.18. The average molecular weight is 647 g/mol. The molecule has 0 bridgehead atoms. The lowest BCUT2D eigenvalue weighted by Gasteiger charge is -2.33. The number of carbonyl (C=O) groups excluding carboxylic acids is 3. The monoisotopic (exact) mass is 646 g/mol. The van der Waals surface area contributed by atoms with Crippen LogP contribution in [0.4, 0.5) is 0 Å². The Morgan fingerprint density at radius 2 is 1.45 bits per heavy atom. The van der Waals surface area contributed by atoms with Crippen molar-refractivity contribution in [2.75, 3.05) is 33.2 Å². The van der Waals surface area contributed by atoms with Crippen LogP contribution >= 0.6 is 0 Å². The summed E-state index contributed by atoms with van der Waals surface area (Å²) in [6, 6.07) is 18.8. The van der Waals surface area contributed by atoms with Crippen molar-refractivity contribution in [2.45, 2.75) is 70.4 Å². The number of nitrogens with one attached hydrogen (secondary N) is 2. The molecule has 11 heteroatoms. The molecule has 0 spiro atoms. The number of hydrogen-bond acceptors (Lipinski definition) is 7. The van der Waals surface area contributed by atoms with E-state index >= 15 is 0 Å². The van der Waals surface area contributed by atoms with Crippen LogP contribution in [0.25, 0.3) is 0 Å². The third kappa shape index (κ3) is 11.3. The lowest BCUT2D eigenvalue weighted by atomic mass is 9.92. The smallest absolute Gasteiger partial charge is 0.244 e. The molecular weight excluding hydrogens is 596 g/mol. The minimum atomic E-state index is -1.24. The fraction of sp³-hybridized carbons (Fsp3) is 0.500. The van der Waals surface area contributed by atoms with E-state index in [1.165, 1.54) is 0 Å². The lowest BCUT2D eigenvalue weighted by molar-refractivity contribution is -0.138. The molecule has 1 saturated heterocycles. The van der Waals surface area contributed by atoms with Gasteiger partial charge in [0, 0.05) is 45.0 Å². The summed E-state index contributed by atoms with van der Waals surface area (Å²) in [5.41, 5.74) is 1.80. The van der Waals surface area contributed by atoms with Crippen molar-refractivity contribution in [3.8, 4) is 0 Å². The molecule has 0 radical (unpaired) electrons. The maximum absolute atomic E-state index is 14.0. The summed E-state index contributed by atoms with van der Waals surface area (Å²) in [5, 5.41) is 32.2. The van der Waals surface area contributed by atoms with Gasteiger partial charge in [-0.3, -0.25) is 19.1 Å². The number of nitrogens with zero attached hydrogens (tertiary/aromatic N) is 4. The van der Waals surface area contributed by atoms with Crippen LogP contribution in [0.1, 0.15) is 37.8 Å². The number of aliphatic hydroxyl groups is 2. The van der Waals surface area contributed by atoms with E-state index in [0.29, 0.717) is 25.9 Å². The molecule has 0 unspecified atom stereocenters. The number of aromatic nitrogens is 2. The Morgan fingerprint density at radius 1 is 0.830 bits per heavy atom. The highest BCUT2D eigenvalue weighted by atomic mass is 16.3. The first-order valence-electron chi connectivity index (χ1n) is 16.6. The van der Waals surface area contributed by atoms with Crippen LogP contribution in [-0.2, 0) is 33.8 Å². The van der Waals surface area contributed by atoms with E-state index < -0.39 is 42.0 Å². The van der Waals surface area contributed by atoms with Gasteiger partial charge in [0.05, 0.1) is 24.6 Å². The van der Waals surface area contributed by atoms with Crippen molar-refractivity contribution in [3.05, 3.63) is 90.3 Å². The molecule has 1 aliphatic heterocycles. The Bertz CT molecular complexity index is 1380. The van der Waals surface area contributed by atoms with Crippen molar-refractivity contribution in [1.29, 1.82) is 0 Å². The predicted molar refractivity (Wildman–Crippen MR) is 180 cm³/mol. The molecule has 11 nitrogen and oxygen atoms in total. The zero-order valence-electron chi connectivity index (χ0n) is 27.7. The Morgan fingerprint density at radius 3 is 2.02 bits per heavy atom. The molecule has 0 aliphatic carbocycles. The molecule has 4 N–H and O–H groups in total. The number of likely N-dealkylation sites (N-methyl/N-ethyl adjacent to an activating group) is 1. The molecule has 3 amide bonds. The fourth-order valence-corrected chi connectivity index (χ4v) is 5.93. The minimum Gasteiger partial charge on any atom is -0.390 e. The first-order valence-corrected chi connectivity index (χ1v) is 16.6. The maximum Gasteiger partial charge on any atom is 0.244 e. The van der Waals surface area contributed by atoms with E-state index in [2.05, 4.69) is 20.6 Å². The van der Waals surface area contributed by atoms with Crippen LogP contribution in [0.15, 0.2) is 79.1 Å². The molecular formula is C36H50N6O5. The van der Waals surface area contributed by atoms with E-state index in [1.807, 2.05) is 81.6 Å². The largest absolute Gasteiger partial charge is 0.390 e. The first-order chi connectivity index (χ1) is 22.6. The lowest BCUT2D eigenvalue weighted by Crippen LogP contribution is -2.57. The number of amides is 3. The number of piperazine rings is 1. The average Bonchev–Trinajstić information content (AvgIpc) is 3.57. The number of aliphatic hydroxyl groups excluding tert-OH is 2. The molecule has 5 atom stereocenters. The number of carbonyl (C=O) groups is 3. The standard InChI is InChI=1S/C36H50N6O5/c1-26(2)21-32(43)34(45)30(23-28-13-8-5-9-14-28)38-36(47)31(25-42-16-10-15-37-42)39-35(46)29(22-27-11-6-4-7-12-27)24-33(44)41-19-17-40(3)18-20-41/h4-16,26,29-32,34,43,45H,17-25H2,1-3H3,(H,38,47)(H,39,46)/t29-,30+,31+,32+,34-/m1/s1. The van der Waals surface area contributed by atoms with E-state index in [4.69, 9.17) is 0 Å². The maximum atomic E-state index is 14.0. The highest BCUT2D eigenvalue weighted by Gasteiger charge is 2.34. The van der Waals surface area contributed by atoms with Crippen LogP contribution in [0.2, 0.25) is 0 Å². The first kappa shape index (κ1) is 35.8. The summed E-state index contributed by atoms with van der Waals surface area (Å²) in [6.45, 7) is 6.70. The molecule has 0 saturated carbocycles. The molecule has 4 rings (SSSR count). The van der Waals surface area contributed by atoms with Gasteiger partial charge in [-0.2, -0.15) is 5.10 Å². The van der Waals surface area contributed by atoms with Crippen LogP contribution in [0.5, 0.6) is 0 Å². The molecule has 2 aromatic carbocycles. The summed E-state index contributed by atoms with van der Waals surface area (Å²) >= 11 is 0. The van der Waals surface area contributed by atoms with Crippen LogP contribution in [0.3, 0.4) is 0 Å². The molecule has 1 aliphatic rings. The van der Waals surface area contributed by atoms with Crippen LogP contribution in [-0.4, -0.2) is 105 Å².